The largest absolute Gasteiger partial charge is 0.350 e. The fourth-order valence-corrected chi connectivity index (χ4v) is 5.53. The normalized spacial score (nSPS) is 19.2. The first-order valence-electron chi connectivity index (χ1n) is 10.7. The summed E-state index contributed by atoms with van der Waals surface area (Å²) in [6.07, 6.45) is 3.28. The van der Waals surface area contributed by atoms with Gasteiger partial charge in [0.1, 0.15) is 0 Å². The van der Waals surface area contributed by atoms with E-state index in [1.807, 2.05) is 37.3 Å². The molecule has 2 aromatic carbocycles. The lowest BCUT2D eigenvalue weighted by Crippen LogP contribution is -2.50. The van der Waals surface area contributed by atoms with Crippen LogP contribution in [0, 0.1) is 0 Å². The molecule has 7 nitrogen and oxygen atoms in total. The summed E-state index contributed by atoms with van der Waals surface area (Å²) in [4.78, 5) is 23.9. The molecule has 170 valence electrons. The lowest BCUT2D eigenvalue weighted by atomic mass is 10.0. The van der Waals surface area contributed by atoms with Crippen molar-refractivity contribution in [1.82, 2.24) is 9.62 Å². The molecule has 8 heteroatoms. The first kappa shape index (κ1) is 23.7. The van der Waals surface area contributed by atoms with Crippen molar-refractivity contribution in [1.29, 1.82) is 0 Å². The highest BCUT2D eigenvalue weighted by molar-refractivity contribution is 7.89. The predicted octanol–water partition coefficient (Wildman–Crippen LogP) is 3.10. The summed E-state index contributed by atoms with van der Waals surface area (Å²) in [6, 6.07) is 15.7. The van der Waals surface area contributed by atoms with Gasteiger partial charge in [-0.3, -0.25) is 9.59 Å². The monoisotopic (exact) mass is 455 g/mol. The van der Waals surface area contributed by atoms with Crippen LogP contribution in [-0.4, -0.2) is 43.2 Å². The third kappa shape index (κ3) is 6.05. The topological polar surface area (TPSA) is 95.6 Å². The molecule has 0 saturated carbocycles. The smallest absolute Gasteiger partial charge is 0.243 e. The Morgan fingerprint density at radius 2 is 1.81 bits per heavy atom. The molecule has 1 saturated heterocycles. The van der Waals surface area contributed by atoms with Gasteiger partial charge in [0.15, 0.2) is 0 Å². The minimum atomic E-state index is -3.67. The van der Waals surface area contributed by atoms with Crippen molar-refractivity contribution < 1.29 is 18.0 Å². The van der Waals surface area contributed by atoms with E-state index < -0.39 is 10.0 Å². The fourth-order valence-electron chi connectivity index (χ4n) is 3.87. The SMILES string of the molecule is C=CC(=O)NC1CCN(S(=O)(=O)c2ccc(NC(=O)CCc3ccccc3)cc2)C(C)C1. The zero-order chi connectivity index (χ0) is 23.1. The number of piperidine rings is 1. The van der Waals surface area contributed by atoms with E-state index in [9.17, 15) is 18.0 Å². The van der Waals surface area contributed by atoms with Crippen LogP contribution >= 0.6 is 0 Å². The Labute approximate surface area is 189 Å². The molecule has 0 aromatic heterocycles. The van der Waals surface area contributed by atoms with Gasteiger partial charge < -0.3 is 10.6 Å². The van der Waals surface area contributed by atoms with Crippen LogP contribution in [0.3, 0.4) is 0 Å². The molecule has 0 radical (unpaired) electrons. The number of hydrogen-bond acceptors (Lipinski definition) is 4. The molecule has 1 aliphatic heterocycles. The lowest BCUT2D eigenvalue weighted by molar-refractivity contribution is -0.117. The molecule has 1 heterocycles. The van der Waals surface area contributed by atoms with Crippen molar-refractivity contribution in [3.05, 3.63) is 72.8 Å². The van der Waals surface area contributed by atoms with E-state index in [-0.39, 0.29) is 28.8 Å². The number of aryl methyl sites for hydroxylation is 1. The van der Waals surface area contributed by atoms with Crippen molar-refractivity contribution in [2.45, 2.75) is 49.6 Å². The molecule has 2 atom stereocenters. The third-order valence-corrected chi connectivity index (χ3v) is 7.60. The number of nitrogens with zero attached hydrogens (tertiary/aromatic N) is 1. The maximum absolute atomic E-state index is 13.1. The second-order valence-electron chi connectivity index (χ2n) is 7.96. The summed E-state index contributed by atoms with van der Waals surface area (Å²) in [5.41, 5.74) is 1.65. The number of carbonyl (C=O) groups is 2. The Morgan fingerprint density at radius 3 is 2.44 bits per heavy atom. The van der Waals surface area contributed by atoms with Crippen LogP contribution < -0.4 is 10.6 Å². The van der Waals surface area contributed by atoms with Crippen molar-refractivity contribution in [2.75, 3.05) is 11.9 Å². The Kier molecular flexibility index (Phi) is 7.82. The second kappa shape index (κ2) is 10.6. The number of amides is 2. The standard InChI is InChI=1S/C24H29N3O4S/c1-3-23(28)26-21-15-16-27(18(2)17-21)32(30,31)22-12-10-20(11-13-22)25-24(29)14-9-19-7-5-4-6-8-19/h3-8,10-13,18,21H,1,9,14-17H2,2H3,(H,25,29)(H,26,28). The van der Waals surface area contributed by atoms with E-state index in [4.69, 9.17) is 0 Å². The minimum Gasteiger partial charge on any atom is -0.350 e. The molecule has 3 rings (SSSR count). The van der Waals surface area contributed by atoms with Gasteiger partial charge in [0.2, 0.25) is 21.8 Å². The highest BCUT2D eigenvalue weighted by Crippen LogP contribution is 2.26. The zero-order valence-electron chi connectivity index (χ0n) is 18.2. The number of benzene rings is 2. The number of rotatable bonds is 8. The van der Waals surface area contributed by atoms with E-state index in [0.717, 1.165) is 5.56 Å². The molecular weight excluding hydrogens is 426 g/mol. The van der Waals surface area contributed by atoms with Gasteiger partial charge in [0.25, 0.3) is 0 Å². The van der Waals surface area contributed by atoms with Crippen molar-refractivity contribution in [3.8, 4) is 0 Å². The molecule has 2 unspecified atom stereocenters. The summed E-state index contributed by atoms with van der Waals surface area (Å²) in [6.45, 7) is 5.60. The summed E-state index contributed by atoms with van der Waals surface area (Å²) >= 11 is 0. The molecule has 2 aromatic rings. The van der Waals surface area contributed by atoms with E-state index in [0.29, 0.717) is 37.9 Å². The van der Waals surface area contributed by atoms with Crippen LogP contribution in [0.25, 0.3) is 0 Å². The van der Waals surface area contributed by atoms with Crippen LogP contribution in [0.5, 0.6) is 0 Å². The maximum atomic E-state index is 13.1. The Balaban J connectivity index is 1.58. The van der Waals surface area contributed by atoms with Crippen LogP contribution in [0.4, 0.5) is 5.69 Å². The number of sulfonamides is 1. The van der Waals surface area contributed by atoms with Gasteiger partial charge >= 0.3 is 0 Å². The van der Waals surface area contributed by atoms with Gasteiger partial charge in [0, 0.05) is 30.7 Å². The quantitative estimate of drug-likeness (QED) is 0.598. The molecule has 1 aliphatic rings. The first-order valence-corrected chi connectivity index (χ1v) is 12.1. The molecule has 2 amide bonds. The van der Waals surface area contributed by atoms with E-state index in [1.54, 1.807) is 12.1 Å². The molecular formula is C24H29N3O4S. The highest BCUT2D eigenvalue weighted by Gasteiger charge is 2.34. The Hall–Kier alpha value is -2.97. The van der Waals surface area contributed by atoms with Gasteiger partial charge in [-0.15, -0.1) is 0 Å². The van der Waals surface area contributed by atoms with Gasteiger partial charge in [-0.1, -0.05) is 36.9 Å². The van der Waals surface area contributed by atoms with E-state index >= 15 is 0 Å². The van der Waals surface area contributed by atoms with E-state index in [2.05, 4.69) is 17.2 Å². The van der Waals surface area contributed by atoms with E-state index in [1.165, 1.54) is 22.5 Å². The molecule has 32 heavy (non-hydrogen) atoms. The third-order valence-electron chi connectivity index (χ3n) is 5.58. The molecule has 0 bridgehead atoms. The summed E-state index contributed by atoms with van der Waals surface area (Å²) in [5.74, 6) is -0.373. The number of carbonyl (C=O) groups excluding carboxylic acids is 2. The molecule has 0 aliphatic carbocycles. The fraction of sp³-hybridized carbons (Fsp3) is 0.333. The number of hydrogen-bond donors (Lipinski definition) is 2. The number of anilines is 1. The summed E-state index contributed by atoms with van der Waals surface area (Å²) < 4.78 is 27.7. The van der Waals surface area contributed by atoms with Crippen LogP contribution in [0.15, 0.2) is 72.1 Å². The van der Waals surface area contributed by atoms with Crippen LogP contribution in [0.1, 0.15) is 31.7 Å². The maximum Gasteiger partial charge on any atom is 0.243 e. The van der Waals surface area contributed by atoms with Gasteiger partial charge in [-0.2, -0.15) is 4.31 Å². The average molecular weight is 456 g/mol. The average Bonchev–Trinajstić information content (AvgIpc) is 2.78. The summed E-state index contributed by atoms with van der Waals surface area (Å²) in [5, 5.41) is 5.65. The van der Waals surface area contributed by atoms with Crippen molar-refractivity contribution >= 4 is 27.5 Å². The summed E-state index contributed by atoms with van der Waals surface area (Å²) in [7, 11) is -3.67. The van der Waals surface area contributed by atoms with Crippen LogP contribution in [0.2, 0.25) is 0 Å². The first-order chi connectivity index (χ1) is 15.3. The zero-order valence-corrected chi connectivity index (χ0v) is 19.0. The molecule has 1 fully saturated rings. The second-order valence-corrected chi connectivity index (χ2v) is 9.85. The van der Waals surface area contributed by atoms with Gasteiger partial charge in [-0.05, 0) is 62.1 Å². The van der Waals surface area contributed by atoms with Gasteiger partial charge in [-0.25, -0.2) is 8.42 Å². The van der Waals surface area contributed by atoms with Crippen molar-refractivity contribution in [2.24, 2.45) is 0 Å². The van der Waals surface area contributed by atoms with Crippen molar-refractivity contribution in [3.63, 3.8) is 0 Å². The highest BCUT2D eigenvalue weighted by atomic mass is 32.2. The predicted molar refractivity (Wildman–Crippen MR) is 125 cm³/mol. The Morgan fingerprint density at radius 1 is 1.12 bits per heavy atom. The Bertz CT molecular complexity index is 1050. The number of nitrogens with one attached hydrogen (secondary N) is 2. The molecule has 0 spiro atoms. The van der Waals surface area contributed by atoms with Crippen LogP contribution in [-0.2, 0) is 26.0 Å². The molecule has 2 N–H and O–H groups in total. The minimum absolute atomic E-state index is 0.0737. The van der Waals surface area contributed by atoms with Gasteiger partial charge in [0.05, 0.1) is 4.90 Å². The lowest BCUT2D eigenvalue weighted by Gasteiger charge is -2.36.